The van der Waals surface area contributed by atoms with Crippen LogP contribution in [-0.4, -0.2) is 78.3 Å². The number of nitrogens with zero attached hydrogens (tertiary/aromatic N) is 3. The van der Waals surface area contributed by atoms with E-state index in [-0.39, 0.29) is 24.9 Å². The Hall–Kier alpha value is -1.21. The predicted octanol–water partition coefficient (Wildman–Crippen LogP) is -0.325. The maximum absolute atomic E-state index is 11.9. The quantitative estimate of drug-likeness (QED) is 0.652. The summed E-state index contributed by atoms with van der Waals surface area (Å²) in [7, 11) is 3.50. The Morgan fingerprint density at radius 3 is 2.35 bits per heavy atom. The molecule has 2 amide bonds. The van der Waals surface area contributed by atoms with Gasteiger partial charge in [0.15, 0.2) is 0 Å². The molecule has 0 saturated carbocycles. The monoisotopic (exact) mass is 300 g/mol. The zero-order valence-corrected chi connectivity index (χ0v) is 13.1. The first-order valence-electron chi connectivity index (χ1n) is 6.88. The molecule has 2 N–H and O–H groups in total. The molecule has 0 radical (unpaired) electrons. The second-order valence-electron chi connectivity index (χ2n) is 5.29. The number of carbonyl (C=O) groups is 2. The molecule has 0 atom stereocenters. The van der Waals surface area contributed by atoms with E-state index >= 15 is 0 Å². The van der Waals surface area contributed by atoms with Crippen LogP contribution in [0.3, 0.4) is 0 Å². The predicted molar refractivity (Wildman–Crippen MR) is 82.4 cm³/mol. The van der Waals surface area contributed by atoms with E-state index in [9.17, 15) is 9.59 Å². The minimum absolute atomic E-state index is 0.0297. The molecule has 20 heavy (non-hydrogen) atoms. The molecule has 6 nitrogen and oxygen atoms in total. The van der Waals surface area contributed by atoms with Crippen molar-refractivity contribution in [3.8, 4) is 0 Å². The van der Waals surface area contributed by atoms with Crippen molar-refractivity contribution in [1.29, 1.82) is 0 Å². The molecule has 0 spiro atoms. The average Bonchev–Trinajstić information content (AvgIpc) is 2.89. The first-order valence-corrected chi connectivity index (χ1v) is 7.29. The van der Waals surface area contributed by atoms with Gasteiger partial charge in [0.25, 0.3) is 0 Å². The number of amides is 2. The number of likely N-dealkylation sites (tertiary alicyclic amines) is 1. The molecule has 0 aromatic heterocycles. The van der Waals surface area contributed by atoms with Crippen molar-refractivity contribution < 1.29 is 9.59 Å². The first kappa shape index (κ1) is 16.8. The van der Waals surface area contributed by atoms with Crippen molar-refractivity contribution in [2.24, 2.45) is 5.73 Å². The highest BCUT2D eigenvalue weighted by Crippen LogP contribution is 2.07. The summed E-state index contributed by atoms with van der Waals surface area (Å²) in [6.07, 6.45) is 2.68. The Balaban J connectivity index is 2.29. The molecule has 1 fully saturated rings. The highest BCUT2D eigenvalue weighted by Gasteiger charge is 2.20. The smallest absolute Gasteiger partial charge is 0.236 e. The number of nitrogens with two attached hydrogens (primary N) is 1. The molecular weight excluding hydrogens is 276 g/mol. The van der Waals surface area contributed by atoms with Crippen LogP contribution >= 0.6 is 12.2 Å². The van der Waals surface area contributed by atoms with Gasteiger partial charge < -0.3 is 15.5 Å². The molecule has 7 heteroatoms. The molecule has 1 aliphatic heterocycles. The third-order valence-electron chi connectivity index (χ3n) is 3.39. The Bertz CT molecular complexity index is 369. The number of rotatable bonds is 7. The lowest BCUT2D eigenvalue weighted by Gasteiger charge is -2.23. The van der Waals surface area contributed by atoms with Crippen molar-refractivity contribution in [3.05, 3.63) is 0 Å². The van der Waals surface area contributed by atoms with Gasteiger partial charge in [-0.3, -0.25) is 14.5 Å². The summed E-state index contributed by atoms with van der Waals surface area (Å²) in [4.78, 5) is 29.5. The summed E-state index contributed by atoms with van der Waals surface area (Å²) in [6, 6.07) is 0. The number of hydrogen-bond donors (Lipinski definition) is 1. The summed E-state index contributed by atoms with van der Waals surface area (Å²) >= 11 is 4.79. The van der Waals surface area contributed by atoms with Gasteiger partial charge in [-0.2, -0.15) is 0 Å². The molecular formula is C13H24N4O2S. The summed E-state index contributed by atoms with van der Waals surface area (Å²) in [5.74, 6) is 0.0709. The van der Waals surface area contributed by atoms with Crippen LogP contribution in [0.1, 0.15) is 19.3 Å². The standard InChI is InChI=1S/C13H24N4O2S/c1-15(10-13(19)17-6-3-4-7-17)9-12(18)16(2)8-5-11(14)20/h3-10H2,1-2H3,(H2,14,20). The van der Waals surface area contributed by atoms with Gasteiger partial charge in [0.1, 0.15) is 0 Å². The van der Waals surface area contributed by atoms with Gasteiger partial charge in [0, 0.05) is 33.1 Å². The van der Waals surface area contributed by atoms with Crippen molar-refractivity contribution in [2.45, 2.75) is 19.3 Å². The van der Waals surface area contributed by atoms with E-state index in [1.807, 2.05) is 4.90 Å². The van der Waals surface area contributed by atoms with Crippen molar-refractivity contribution in [1.82, 2.24) is 14.7 Å². The topological polar surface area (TPSA) is 69.9 Å². The first-order chi connectivity index (χ1) is 9.40. The van der Waals surface area contributed by atoms with Gasteiger partial charge in [0.2, 0.25) is 11.8 Å². The summed E-state index contributed by atoms with van der Waals surface area (Å²) in [5.41, 5.74) is 5.41. The molecule has 0 aliphatic carbocycles. The highest BCUT2D eigenvalue weighted by molar-refractivity contribution is 7.80. The zero-order chi connectivity index (χ0) is 15.1. The van der Waals surface area contributed by atoms with Gasteiger partial charge in [-0.15, -0.1) is 0 Å². The van der Waals surface area contributed by atoms with Crippen LogP contribution in [0.4, 0.5) is 0 Å². The van der Waals surface area contributed by atoms with Gasteiger partial charge in [-0.05, 0) is 19.9 Å². The number of hydrogen-bond acceptors (Lipinski definition) is 4. The molecule has 1 heterocycles. The Kier molecular flexibility index (Phi) is 6.87. The minimum atomic E-state index is -0.0297. The van der Waals surface area contributed by atoms with Crippen molar-refractivity contribution >= 4 is 29.0 Å². The lowest BCUT2D eigenvalue weighted by Crippen LogP contribution is -2.42. The second-order valence-corrected chi connectivity index (χ2v) is 5.82. The number of thiocarbonyl (C=S) groups is 1. The Morgan fingerprint density at radius 2 is 1.80 bits per heavy atom. The minimum Gasteiger partial charge on any atom is -0.393 e. The van der Waals surface area contributed by atoms with E-state index in [4.69, 9.17) is 18.0 Å². The summed E-state index contributed by atoms with van der Waals surface area (Å²) < 4.78 is 0. The van der Waals surface area contributed by atoms with Crippen molar-refractivity contribution in [2.75, 3.05) is 46.8 Å². The van der Waals surface area contributed by atoms with E-state index in [1.165, 1.54) is 0 Å². The van der Waals surface area contributed by atoms with E-state index < -0.39 is 0 Å². The van der Waals surface area contributed by atoms with Crippen LogP contribution in [0.5, 0.6) is 0 Å². The molecule has 0 aromatic carbocycles. The van der Waals surface area contributed by atoms with Crippen LogP contribution in [-0.2, 0) is 9.59 Å². The summed E-state index contributed by atoms with van der Waals surface area (Å²) in [6.45, 7) is 2.72. The highest BCUT2D eigenvalue weighted by atomic mass is 32.1. The maximum Gasteiger partial charge on any atom is 0.236 e. The number of carbonyl (C=O) groups excluding carboxylic acids is 2. The SMILES string of the molecule is CN(CC(=O)N(C)CCC(N)=S)CC(=O)N1CCCC1. The third-order valence-corrected chi connectivity index (χ3v) is 3.59. The van der Waals surface area contributed by atoms with E-state index in [2.05, 4.69) is 0 Å². The molecule has 0 bridgehead atoms. The molecule has 1 rings (SSSR count). The third kappa shape index (κ3) is 5.83. The molecule has 114 valence electrons. The Labute approximate surface area is 125 Å². The van der Waals surface area contributed by atoms with Crippen LogP contribution in [0.25, 0.3) is 0 Å². The molecule has 0 aromatic rings. The largest absolute Gasteiger partial charge is 0.393 e. The van der Waals surface area contributed by atoms with Crippen LogP contribution in [0.15, 0.2) is 0 Å². The van der Waals surface area contributed by atoms with Gasteiger partial charge in [-0.25, -0.2) is 0 Å². The lowest BCUT2D eigenvalue weighted by molar-refractivity contribution is -0.133. The lowest BCUT2D eigenvalue weighted by atomic mass is 10.3. The maximum atomic E-state index is 11.9. The van der Waals surface area contributed by atoms with Gasteiger partial charge in [0.05, 0.1) is 18.1 Å². The molecule has 0 unspecified atom stereocenters. The van der Waals surface area contributed by atoms with Crippen LogP contribution < -0.4 is 5.73 Å². The normalized spacial score (nSPS) is 14.7. The second kappa shape index (κ2) is 8.16. The van der Waals surface area contributed by atoms with Gasteiger partial charge in [-0.1, -0.05) is 12.2 Å². The fourth-order valence-electron chi connectivity index (χ4n) is 2.11. The van der Waals surface area contributed by atoms with E-state index in [0.717, 1.165) is 25.9 Å². The average molecular weight is 300 g/mol. The van der Waals surface area contributed by atoms with Crippen LogP contribution in [0, 0.1) is 0 Å². The van der Waals surface area contributed by atoms with Crippen molar-refractivity contribution in [3.63, 3.8) is 0 Å². The van der Waals surface area contributed by atoms with Gasteiger partial charge >= 0.3 is 0 Å². The van der Waals surface area contributed by atoms with E-state index in [0.29, 0.717) is 18.0 Å². The Morgan fingerprint density at radius 1 is 1.20 bits per heavy atom. The summed E-state index contributed by atoms with van der Waals surface area (Å²) in [5, 5.41) is 0. The van der Waals surface area contributed by atoms with Crippen LogP contribution in [0.2, 0.25) is 0 Å². The molecule has 1 aliphatic rings. The number of likely N-dealkylation sites (N-methyl/N-ethyl adjacent to an activating group) is 2. The fourth-order valence-corrected chi connectivity index (χ4v) is 2.20. The zero-order valence-electron chi connectivity index (χ0n) is 12.3. The fraction of sp³-hybridized carbons (Fsp3) is 0.769. The molecule has 1 saturated heterocycles. The van der Waals surface area contributed by atoms with E-state index in [1.54, 1.807) is 23.9 Å².